The molecule has 0 spiro atoms. The highest BCUT2D eigenvalue weighted by Crippen LogP contribution is 2.24. The Hall–Kier alpha value is -2.55. The average molecular weight is 268 g/mol. The van der Waals surface area contributed by atoms with Crippen molar-refractivity contribution in [3.63, 3.8) is 0 Å². The van der Waals surface area contributed by atoms with E-state index in [0.29, 0.717) is 5.57 Å². The van der Waals surface area contributed by atoms with Gasteiger partial charge in [0.2, 0.25) is 0 Å². The van der Waals surface area contributed by atoms with Crippen LogP contribution >= 0.6 is 0 Å². The van der Waals surface area contributed by atoms with Gasteiger partial charge in [-0.3, -0.25) is 0 Å². The normalized spacial score (nSPS) is 13.3. The van der Waals surface area contributed by atoms with Crippen LogP contribution in [-0.4, -0.2) is 11.1 Å². The van der Waals surface area contributed by atoms with Gasteiger partial charge in [0.05, 0.1) is 0 Å². The summed E-state index contributed by atoms with van der Waals surface area (Å²) in [6.07, 6.45) is 6.63. The first-order valence-corrected chi connectivity index (χ1v) is 6.31. The lowest BCUT2D eigenvalue weighted by atomic mass is 10.2. The molecule has 2 rings (SSSR count). The first-order valence-electron chi connectivity index (χ1n) is 6.31. The highest BCUT2D eigenvalue weighted by atomic mass is 16.4. The maximum atomic E-state index is 10.5. The standard InChI is InChI=1S/C17H16O3/c1-12(10-17(18)19)6-5-7-13(2)16-11-14-8-3-4-9-15(14)20-16/h3-11H,1-2H3,(H,18,19)/b6-5+,12-10+,13-7-. The molecule has 0 atom stereocenters. The maximum Gasteiger partial charge on any atom is 0.328 e. The molecule has 0 saturated heterocycles. The van der Waals surface area contributed by atoms with Gasteiger partial charge >= 0.3 is 5.97 Å². The van der Waals surface area contributed by atoms with E-state index >= 15 is 0 Å². The number of carboxylic acids is 1. The van der Waals surface area contributed by atoms with Gasteiger partial charge in [0.15, 0.2) is 0 Å². The quantitative estimate of drug-likeness (QED) is 0.659. The molecule has 1 aromatic heterocycles. The summed E-state index contributed by atoms with van der Waals surface area (Å²) in [4.78, 5) is 10.5. The van der Waals surface area contributed by atoms with E-state index in [4.69, 9.17) is 9.52 Å². The van der Waals surface area contributed by atoms with Crippen molar-refractivity contribution in [2.45, 2.75) is 13.8 Å². The van der Waals surface area contributed by atoms with Crippen LogP contribution in [-0.2, 0) is 4.79 Å². The molecule has 1 heterocycles. The molecule has 1 N–H and O–H groups in total. The Labute approximate surface area is 117 Å². The number of hydrogen-bond donors (Lipinski definition) is 1. The molecule has 0 aliphatic rings. The minimum absolute atomic E-state index is 0.686. The van der Waals surface area contributed by atoms with Crippen LogP contribution in [0.5, 0.6) is 0 Å². The molecule has 3 nitrogen and oxygen atoms in total. The van der Waals surface area contributed by atoms with E-state index in [1.54, 1.807) is 13.0 Å². The van der Waals surface area contributed by atoms with Crippen molar-refractivity contribution in [2.24, 2.45) is 0 Å². The average Bonchev–Trinajstić information content (AvgIpc) is 2.81. The Kier molecular flexibility index (Phi) is 4.20. The third-order valence-electron chi connectivity index (χ3n) is 2.87. The third-order valence-corrected chi connectivity index (χ3v) is 2.87. The number of para-hydroxylation sites is 1. The van der Waals surface area contributed by atoms with Gasteiger partial charge in [0.25, 0.3) is 0 Å². The summed E-state index contributed by atoms with van der Waals surface area (Å²) in [6.45, 7) is 3.70. The van der Waals surface area contributed by atoms with Gasteiger partial charge in [-0.2, -0.15) is 0 Å². The van der Waals surface area contributed by atoms with Crippen LogP contribution in [0.15, 0.2) is 64.6 Å². The maximum absolute atomic E-state index is 10.5. The number of fused-ring (bicyclic) bond motifs is 1. The van der Waals surface area contributed by atoms with Crippen LogP contribution in [0.4, 0.5) is 0 Å². The fraction of sp³-hybridized carbons (Fsp3) is 0.118. The van der Waals surface area contributed by atoms with Gasteiger partial charge in [0, 0.05) is 11.5 Å². The molecule has 0 fully saturated rings. The smallest absolute Gasteiger partial charge is 0.328 e. The van der Waals surface area contributed by atoms with E-state index in [1.165, 1.54) is 6.08 Å². The predicted molar refractivity (Wildman–Crippen MR) is 80.4 cm³/mol. The summed E-state index contributed by atoms with van der Waals surface area (Å²) in [7, 11) is 0. The largest absolute Gasteiger partial charge is 0.478 e. The van der Waals surface area contributed by atoms with Gasteiger partial charge in [0.1, 0.15) is 11.3 Å². The first kappa shape index (κ1) is 13.9. The second-order valence-corrected chi connectivity index (χ2v) is 4.58. The summed E-state index contributed by atoms with van der Waals surface area (Å²) in [5.74, 6) is -0.124. The fourth-order valence-electron chi connectivity index (χ4n) is 1.85. The van der Waals surface area contributed by atoms with Crippen LogP contribution in [0.25, 0.3) is 16.5 Å². The molecular weight excluding hydrogens is 252 g/mol. The lowest BCUT2D eigenvalue weighted by Crippen LogP contribution is -1.87. The molecule has 0 amide bonds. The zero-order valence-electron chi connectivity index (χ0n) is 11.5. The Bertz CT molecular complexity index is 682. The highest BCUT2D eigenvalue weighted by Gasteiger charge is 2.03. The van der Waals surface area contributed by atoms with Crippen molar-refractivity contribution in [2.75, 3.05) is 0 Å². The number of carboxylic acid groups (broad SMARTS) is 1. The van der Waals surface area contributed by atoms with Crippen LogP contribution in [0.3, 0.4) is 0 Å². The molecule has 2 aromatic rings. The molecule has 0 radical (unpaired) electrons. The lowest BCUT2D eigenvalue weighted by molar-refractivity contribution is -0.131. The number of rotatable bonds is 4. The highest BCUT2D eigenvalue weighted by molar-refractivity contribution is 5.82. The summed E-state index contributed by atoms with van der Waals surface area (Å²) in [5, 5.41) is 9.68. The molecule has 0 unspecified atom stereocenters. The van der Waals surface area contributed by atoms with Gasteiger partial charge in [-0.15, -0.1) is 0 Å². The Balaban J connectivity index is 2.18. The number of aliphatic carboxylic acids is 1. The summed E-state index contributed by atoms with van der Waals surface area (Å²) < 4.78 is 5.74. The number of allylic oxidation sites excluding steroid dienone is 5. The van der Waals surface area contributed by atoms with E-state index in [9.17, 15) is 4.79 Å². The fourth-order valence-corrected chi connectivity index (χ4v) is 1.85. The molecule has 0 aliphatic carbocycles. The van der Waals surface area contributed by atoms with E-state index in [1.807, 2.05) is 49.4 Å². The van der Waals surface area contributed by atoms with Crippen LogP contribution in [0.2, 0.25) is 0 Å². The van der Waals surface area contributed by atoms with Gasteiger partial charge in [-0.1, -0.05) is 36.4 Å². The lowest BCUT2D eigenvalue weighted by Gasteiger charge is -1.93. The van der Waals surface area contributed by atoms with E-state index < -0.39 is 5.97 Å². The zero-order chi connectivity index (χ0) is 14.5. The summed E-state index contributed by atoms with van der Waals surface area (Å²) in [6, 6.07) is 9.84. The van der Waals surface area contributed by atoms with Gasteiger partial charge < -0.3 is 9.52 Å². The number of hydrogen-bond acceptors (Lipinski definition) is 2. The Morgan fingerprint density at radius 2 is 2.00 bits per heavy atom. The summed E-state index contributed by atoms with van der Waals surface area (Å²) >= 11 is 0. The Morgan fingerprint density at radius 3 is 2.70 bits per heavy atom. The zero-order valence-corrected chi connectivity index (χ0v) is 11.5. The van der Waals surface area contributed by atoms with Crippen molar-refractivity contribution in [3.8, 4) is 0 Å². The van der Waals surface area contributed by atoms with Crippen LogP contribution in [0, 0.1) is 0 Å². The monoisotopic (exact) mass is 268 g/mol. The van der Waals surface area contributed by atoms with E-state index in [0.717, 1.165) is 22.3 Å². The van der Waals surface area contributed by atoms with Crippen molar-refractivity contribution in [3.05, 3.63) is 66.0 Å². The number of carbonyl (C=O) groups is 1. The van der Waals surface area contributed by atoms with Crippen LogP contribution < -0.4 is 0 Å². The van der Waals surface area contributed by atoms with Crippen molar-refractivity contribution < 1.29 is 14.3 Å². The molecule has 0 aliphatic heterocycles. The van der Waals surface area contributed by atoms with Crippen LogP contribution in [0.1, 0.15) is 19.6 Å². The summed E-state index contributed by atoms with van der Waals surface area (Å²) in [5.41, 5.74) is 2.54. The van der Waals surface area contributed by atoms with Crippen molar-refractivity contribution >= 4 is 22.5 Å². The molecule has 1 aromatic carbocycles. The second kappa shape index (κ2) is 6.06. The van der Waals surface area contributed by atoms with E-state index in [-0.39, 0.29) is 0 Å². The third kappa shape index (κ3) is 3.48. The molecule has 102 valence electrons. The van der Waals surface area contributed by atoms with Gasteiger partial charge in [-0.05, 0) is 37.1 Å². The first-order chi connectivity index (χ1) is 9.56. The minimum atomic E-state index is -0.940. The Morgan fingerprint density at radius 1 is 1.25 bits per heavy atom. The molecule has 0 saturated carbocycles. The number of benzene rings is 1. The molecule has 20 heavy (non-hydrogen) atoms. The second-order valence-electron chi connectivity index (χ2n) is 4.58. The SMILES string of the molecule is C/C(=C/C=C/C(C)=C/C(=O)O)c1cc2ccccc2o1. The topological polar surface area (TPSA) is 50.4 Å². The van der Waals surface area contributed by atoms with E-state index in [2.05, 4.69) is 0 Å². The number of furan rings is 1. The minimum Gasteiger partial charge on any atom is -0.478 e. The molecule has 3 heteroatoms. The molecular formula is C17H16O3. The van der Waals surface area contributed by atoms with Crippen molar-refractivity contribution in [1.82, 2.24) is 0 Å². The van der Waals surface area contributed by atoms with Crippen molar-refractivity contribution in [1.29, 1.82) is 0 Å². The van der Waals surface area contributed by atoms with Gasteiger partial charge in [-0.25, -0.2) is 4.79 Å². The molecule has 0 bridgehead atoms. The predicted octanol–water partition coefficient (Wildman–Crippen LogP) is 4.42.